The van der Waals surface area contributed by atoms with E-state index in [-0.39, 0.29) is 13.1 Å². The number of imidazole rings is 1. The van der Waals surface area contributed by atoms with Crippen molar-refractivity contribution in [2.75, 3.05) is 0 Å². The van der Waals surface area contributed by atoms with Crippen molar-refractivity contribution in [3.05, 3.63) is 89.0 Å². The Labute approximate surface area is 191 Å². The number of aromatic nitrogens is 2. The first kappa shape index (κ1) is 24.5. The summed E-state index contributed by atoms with van der Waals surface area (Å²) >= 11 is 0. The van der Waals surface area contributed by atoms with Gasteiger partial charge in [0.2, 0.25) is 0 Å². The number of hydrogen-bond acceptors (Lipinski definition) is 3. The molecule has 0 saturated carbocycles. The van der Waals surface area contributed by atoms with Crippen molar-refractivity contribution in [2.24, 2.45) is 0 Å². The van der Waals surface area contributed by atoms with Gasteiger partial charge in [-0.15, -0.1) is 0 Å². The summed E-state index contributed by atoms with van der Waals surface area (Å²) in [5.74, 6) is -0.185. The number of alkyl halides is 3. The van der Waals surface area contributed by atoms with E-state index in [4.69, 9.17) is 0 Å². The number of carboxylic acids is 1. The summed E-state index contributed by atoms with van der Waals surface area (Å²) in [6.45, 7) is 2.53. The number of carboxylic acid groups (broad SMARTS) is 1. The molecule has 0 aliphatic rings. The van der Waals surface area contributed by atoms with E-state index >= 15 is 0 Å². The van der Waals surface area contributed by atoms with Crippen molar-refractivity contribution >= 4 is 5.97 Å². The third kappa shape index (κ3) is 6.92. The minimum Gasteiger partial charge on any atom is -0.480 e. The Bertz CT molecular complexity index is 1050. The number of benzene rings is 2. The van der Waals surface area contributed by atoms with Gasteiger partial charge < -0.3 is 9.67 Å². The van der Waals surface area contributed by atoms with Crippen LogP contribution < -0.4 is 5.32 Å². The van der Waals surface area contributed by atoms with Gasteiger partial charge in [-0.2, -0.15) is 13.2 Å². The van der Waals surface area contributed by atoms with Crippen LogP contribution in [0.25, 0.3) is 0 Å². The molecule has 1 aromatic heterocycles. The molecule has 3 rings (SSSR count). The van der Waals surface area contributed by atoms with Gasteiger partial charge in [-0.1, -0.05) is 55.8 Å². The Kier molecular flexibility index (Phi) is 8.27. The van der Waals surface area contributed by atoms with Crippen LogP contribution in [0.15, 0.2) is 60.8 Å². The van der Waals surface area contributed by atoms with Gasteiger partial charge in [0.15, 0.2) is 0 Å². The average molecular weight is 460 g/mol. The maximum atomic E-state index is 13.2. The zero-order valence-electron chi connectivity index (χ0n) is 18.5. The Hall–Kier alpha value is -3.13. The number of carbonyl (C=O) groups is 1. The molecule has 0 unspecified atom stereocenters. The summed E-state index contributed by atoms with van der Waals surface area (Å²) in [6, 6.07) is 13.8. The molecule has 176 valence electrons. The second-order valence-corrected chi connectivity index (χ2v) is 8.02. The largest absolute Gasteiger partial charge is 0.480 e. The van der Waals surface area contributed by atoms with Gasteiger partial charge in [0.25, 0.3) is 0 Å². The smallest absolute Gasteiger partial charge is 0.416 e. The molecule has 0 aliphatic heterocycles. The molecule has 0 radical (unpaired) electrons. The molecular formula is C25H28F3N3O2. The highest BCUT2D eigenvalue weighted by Crippen LogP contribution is 2.30. The first-order valence-electron chi connectivity index (χ1n) is 11.0. The van der Waals surface area contributed by atoms with E-state index in [0.29, 0.717) is 18.4 Å². The summed E-state index contributed by atoms with van der Waals surface area (Å²) in [7, 11) is 0. The lowest BCUT2D eigenvalue weighted by molar-refractivity contribution is -0.139. The summed E-state index contributed by atoms with van der Waals surface area (Å²) in [6.07, 6.45) is 0.141. The van der Waals surface area contributed by atoms with Crippen molar-refractivity contribution in [3.63, 3.8) is 0 Å². The molecule has 1 atom stereocenters. The van der Waals surface area contributed by atoms with E-state index in [9.17, 15) is 23.1 Å². The lowest BCUT2D eigenvalue weighted by Gasteiger charge is -2.17. The Morgan fingerprint density at radius 2 is 1.85 bits per heavy atom. The third-order valence-corrected chi connectivity index (χ3v) is 5.48. The van der Waals surface area contributed by atoms with Gasteiger partial charge in [0, 0.05) is 25.7 Å². The minimum absolute atomic E-state index is 0.233. The standard InChI is InChI=1S/C25H28F3N3O2/c1-2-3-12-23-30-16-21(15-29-22(24(32)33)14-18-8-5-4-6-9-18)31(23)17-19-10-7-11-20(13-19)25(26,27)28/h4-11,13,16,22,29H,2-3,12,14-15,17H2,1H3,(H,32,33)/t22-/m0/s1. The fourth-order valence-corrected chi connectivity index (χ4v) is 3.68. The van der Waals surface area contributed by atoms with Crippen molar-refractivity contribution in [2.45, 2.75) is 57.9 Å². The van der Waals surface area contributed by atoms with Crippen LogP contribution >= 0.6 is 0 Å². The molecule has 0 fully saturated rings. The fourth-order valence-electron chi connectivity index (χ4n) is 3.68. The highest BCUT2D eigenvalue weighted by molar-refractivity contribution is 5.73. The van der Waals surface area contributed by atoms with Crippen molar-refractivity contribution in [3.8, 4) is 0 Å². The van der Waals surface area contributed by atoms with Gasteiger partial charge >= 0.3 is 12.1 Å². The summed E-state index contributed by atoms with van der Waals surface area (Å²) in [5.41, 5.74) is 1.46. The zero-order chi connectivity index (χ0) is 23.8. The molecule has 0 bridgehead atoms. The van der Waals surface area contributed by atoms with Crippen LogP contribution in [0.4, 0.5) is 13.2 Å². The van der Waals surface area contributed by atoms with Crippen LogP contribution in [0.3, 0.4) is 0 Å². The fraction of sp³-hybridized carbons (Fsp3) is 0.360. The molecule has 0 spiro atoms. The van der Waals surface area contributed by atoms with Gasteiger partial charge in [-0.25, -0.2) is 4.98 Å². The number of aryl methyl sites for hydroxylation is 1. The van der Waals surface area contributed by atoms with E-state index in [1.54, 1.807) is 12.3 Å². The molecular weight excluding hydrogens is 431 g/mol. The first-order chi connectivity index (χ1) is 15.8. The van der Waals surface area contributed by atoms with Gasteiger partial charge in [-0.05, 0) is 36.1 Å². The maximum absolute atomic E-state index is 13.2. The van der Waals surface area contributed by atoms with Crippen molar-refractivity contribution in [1.82, 2.24) is 14.9 Å². The zero-order valence-corrected chi connectivity index (χ0v) is 18.5. The molecule has 2 aromatic carbocycles. The Morgan fingerprint density at radius 1 is 1.12 bits per heavy atom. The number of unbranched alkanes of at least 4 members (excludes halogenated alkanes) is 1. The van der Waals surface area contributed by atoms with Gasteiger partial charge in [-0.3, -0.25) is 10.1 Å². The van der Waals surface area contributed by atoms with E-state index in [1.165, 1.54) is 6.07 Å². The lowest BCUT2D eigenvalue weighted by Crippen LogP contribution is -2.38. The molecule has 1 heterocycles. The third-order valence-electron chi connectivity index (χ3n) is 5.48. The molecule has 2 N–H and O–H groups in total. The minimum atomic E-state index is -4.41. The Balaban J connectivity index is 1.80. The highest BCUT2D eigenvalue weighted by atomic mass is 19.4. The Morgan fingerprint density at radius 3 is 2.52 bits per heavy atom. The summed E-state index contributed by atoms with van der Waals surface area (Å²) in [4.78, 5) is 16.3. The van der Waals surface area contributed by atoms with Crippen LogP contribution in [0, 0.1) is 0 Å². The van der Waals surface area contributed by atoms with Crippen LogP contribution in [0.2, 0.25) is 0 Å². The van der Waals surface area contributed by atoms with Crippen LogP contribution in [0.1, 0.15) is 48.0 Å². The second-order valence-electron chi connectivity index (χ2n) is 8.02. The molecule has 0 aliphatic carbocycles. The van der Waals surface area contributed by atoms with Crippen LogP contribution in [-0.4, -0.2) is 26.7 Å². The molecule has 0 amide bonds. The number of nitrogens with one attached hydrogen (secondary N) is 1. The van der Waals surface area contributed by atoms with Crippen LogP contribution in [-0.2, 0) is 36.9 Å². The van der Waals surface area contributed by atoms with Gasteiger partial charge in [0.1, 0.15) is 11.9 Å². The SMILES string of the molecule is CCCCc1ncc(CN[C@@H](Cc2ccccc2)C(=O)O)n1Cc1cccc(C(F)(F)F)c1. The maximum Gasteiger partial charge on any atom is 0.416 e. The topological polar surface area (TPSA) is 67.2 Å². The molecule has 33 heavy (non-hydrogen) atoms. The van der Waals surface area contributed by atoms with Crippen molar-refractivity contribution in [1.29, 1.82) is 0 Å². The predicted octanol–water partition coefficient (Wildman–Crippen LogP) is 5.08. The molecule has 8 heteroatoms. The normalized spacial score (nSPS) is 12.6. The number of hydrogen-bond donors (Lipinski definition) is 2. The van der Waals surface area contributed by atoms with Gasteiger partial charge in [0.05, 0.1) is 11.3 Å². The lowest BCUT2D eigenvalue weighted by atomic mass is 10.1. The first-order valence-corrected chi connectivity index (χ1v) is 11.0. The summed E-state index contributed by atoms with van der Waals surface area (Å²) < 4.78 is 41.3. The quantitative estimate of drug-likeness (QED) is 0.420. The predicted molar refractivity (Wildman–Crippen MR) is 120 cm³/mol. The monoisotopic (exact) mass is 459 g/mol. The number of nitrogens with zero attached hydrogens (tertiary/aromatic N) is 2. The average Bonchev–Trinajstić information content (AvgIpc) is 3.16. The molecule has 5 nitrogen and oxygen atoms in total. The van der Waals surface area contributed by atoms with E-state index in [1.807, 2.05) is 34.9 Å². The number of aliphatic carboxylic acids is 1. The number of rotatable bonds is 11. The van der Waals surface area contributed by atoms with E-state index in [2.05, 4.69) is 17.2 Å². The molecule has 0 saturated heterocycles. The highest BCUT2D eigenvalue weighted by Gasteiger charge is 2.30. The van der Waals surface area contributed by atoms with Crippen molar-refractivity contribution < 1.29 is 23.1 Å². The second kappa shape index (κ2) is 11.1. The summed E-state index contributed by atoms with van der Waals surface area (Å²) in [5, 5.41) is 12.7. The number of halogens is 3. The van der Waals surface area contributed by atoms with E-state index in [0.717, 1.165) is 42.1 Å². The van der Waals surface area contributed by atoms with E-state index < -0.39 is 23.8 Å². The molecule has 3 aromatic rings. The van der Waals surface area contributed by atoms with Crippen LogP contribution in [0.5, 0.6) is 0 Å².